The van der Waals surface area contributed by atoms with Crippen LogP contribution in [0, 0.1) is 13.8 Å². The number of aryl methyl sites for hydroxylation is 2. The molecule has 0 aliphatic carbocycles. The van der Waals surface area contributed by atoms with Crippen LogP contribution in [0.5, 0.6) is 0 Å². The lowest BCUT2D eigenvalue weighted by molar-refractivity contribution is -0.133. The summed E-state index contributed by atoms with van der Waals surface area (Å²) in [5.74, 6) is 0.146. The zero-order valence-corrected chi connectivity index (χ0v) is 12.0. The molecule has 0 radical (unpaired) electrons. The van der Waals surface area contributed by atoms with Crippen LogP contribution in [0.2, 0.25) is 0 Å². The highest BCUT2D eigenvalue weighted by Gasteiger charge is 2.27. The molecule has 2 aromatic rings. The van der Waals surface area contributed by atoms with E-state index in [2.05, 4.69) is 20.6 Å². The maximum absolute atomic E-state index is 11.8. The maximum Gasteiger partial charge on any atom is 0.249 e. The number of imide groups is 1. The van der Waals surface area contributed by atoms with E-state index in [1.54, 1.807) is 11.3 Å². The number of anilines is 1. The molecule has 20 heavy (non-hydrogen) atoms. The molecule has 2 N–H and O–H groups in total. The Morgan fingerprint density at radius 3 is 2.90 bits per heavy atom. The van der Waals surface area contributed by atoms with Gasteiger partial charge in [0.2, 0.25) is 11.8 Å². The molecule has 0 bridgehead atoms. The number of amides is 2. The molecule has 2 aromatic heterocycles. The van der Waals surface area contributed by atoms with E-state index in [0.29, 0.717) is 18.7 Å². The molecule has 0 spiro atoms. The van der Waals surface area contributed by atoms with Gasteiger partial charge in [0.25, 0.3) is 0 Å². The Hall–Kier alpha value is -2.02. The Morgan fingerprint density at radius 1 is 1.35 bits per heavy atom. The van der Waals surface area contributed by atoms with Crippen molar-refractivity contribution < 1.29 is 9.59 Å². The number of hydrogen-bond acceptors (Lipinski definition) is 6. The van der Waals surface area contributed by atoms with Crippen molar-refractivity contribution in [1.29, 1.82) is 0 Å². The van der Waals surface area contributed by atoms with Crippen LogP contribution in [-0.4, -0.2) is 27.8 Å². The summed E-state index contributed by atoms with van der Waals surface area (Å²) in [6.45, 7) is 4.06. The summed E-state index contributed by atoms with van der Waals surface area (Å²) < 4.78 is 0. The zero-order chi connectivity index (χ0) is 14.3. The number of nitrogens with one attached hydrogen (secondary N) is 2. The van der Waals surface area contributed by atoms with Gasteiger partial charge in [0.05, 0.1) is 5.39 Å². The molecule has 0 saturated carbocycles. The topological polar surface area (TPSA) is 84.0 Å². The van der Waals surface area contributed by atoms with Crippen LogP contribution in [-0.2, 0) is 9.59 Å². The first kappa shape index (κ1) is 13.0. The summed E-state index contributed by atoms with van der Waals surface area (Å²) in [5.41, 5.74) is 1.13. The molecule has 1 atom stereocenters. The largest absolute Gasteiger partial charge is 0.358 e. The quantitative estimate of drug-likeness (QED) is 0.819. The van der Waals surface area contributed by atoms with Crippen molar-refractivity contribution >= 4 is 39.2 Å². The van der Waals surface area contributed by atoms with E-state index in [9.17, 15) is 9.59 Å². The lowest BCUT2D eigenvalue weighted by Crippen LogP contribution is -2.47. The van der Waals surface area contributed by atoms with Crippen LogP contribution >= 0.6 is 11.3 Å². The Morgan fingerprint density at radius 2 is 2.15 bits per heavy atom. The number of carbonyl (C=O) groups excluding carboxylic acids is 2. The minimum atomic E-state index is -0.426. The van der Waals surface area contributed by atoms with Gasteiger partial charge in [-0.15, -0.1) is 11.3 Å². The summed E-state index contributed by atoms with van der Waals surface area (Å²) in [4.78, 5) is 33.6. The van der Waals surface area contributed by atoms with E-state index in [4.69, 9.17) is 0 Å². The number of piperidine rings is 1. The number of fused-ring (bicyclic) bond motifs is 1. The number of nitrogens with zero attached hydrogens (tertiary/aromatic N) is 2. The summed E-state index contributed by atoms with van der Waals surface area (Å²) >= 11 is 1.61. The van der Waals surface area contributed by atoms with Crippen molar-refractivity contribution in [3.05, 3.63) is 16.8 Å². The highest BCUT2D eigenvalue weighted by molar-refractivity contribution is 7.18. The van der Waals surface area contributed by atoms with Gasteiger partial charge in [-0.05, 0) is 25.8 Å². The van der Waals surface area contributed by atoms with Gasteiger partial charge in [-0.25, -0.2) is 9.97 Å². The van der Waals surface area contributed by atoms with Crippen molar-refractivity contribution in [3.8, 4) is 0 Å². The maximum atomic E-state index is 11.8. The molecule has 6 nitrogen and oxygen atoms in total. The third kappa shape index (κ3) is 2.14. The first-order valence-electron chi connectivity index (χ1n) is 6.37. The first-order chi connectivity index (χ1) is 9.56. The second-order valence-corrected chi connectivity index (χ2v) is 6.04. The van der Waals surface area contributed by atoms with Crippen molar-refractivity contribution in [2.24, 2.45) is 0 Å². The number of hydrogen-bond donors (Lipinski definition) is 2. The number of aromatic nitrogens is 2. The molecular formula is C13H14N4O2S. The number of rotatable bonds is 2. The summed E-state index contributed by atoms with van der Waals surface area (Å²) in [7, 11) is 0. The average Bonchev–Trinajstić information content (AvgIpc) is 2.69. The highest BCUT2D eigenvalue weighted by atomic mass is 32.1. The molecule has 2 amide bonds. The predicted octanol–water partition coefficient (Wildman–Crippen LogP) is 1.53. The fourth-order valence-electron chi connectivity index (χ4n) is 2.29. The van der Waals surface area contributed by atoms with Gasteiger partial charge in [0, 0.05) is 11.3 Å². The third-order valence-corrected chi connectivity index (χ3v) is 4.63. The standard InChI is InChI=1S/C13H14N4O2S/c1-6-7(2)20-13-10(6)11(14-5-15-13)16-8-3-4-9(18)17-12(8)19/h5,8H,3-4H2,1-2H3,(H,14,15,16)(H,17,18,19). The molecule has 1 saturated heterocycles. The van der Waals surface area contributed by atoms with Crippen molar-refractivity contribution in [2.45, 2.75) is 32.7 Å². The summed E-state index contributed by atoms with van der Waals surface area (Å²) in [6.07, 6.45) is 2.32. The van der Waals surface area contributed by atoms with Gasteiger partial charge in [0.15, 0.2) is 0 Å². The van der Waals surface area contributed by atoms with Crippen molar-refractivity contribution in [2.75, 3.05) is 5.32 Å². The monoisotopic (exact) mass is 290 g/mol. The summed E-state index contributed by atoms with van der Waals surface area (Å²) in [6, 6.07) is -0.426. The van der Waals surface area contributed by atoms with Crippen molar-refractivity contribution in [3.63, 3.8) is 0 Å². The first-order valence-corrected chi connectivity index (χ1v) is 7.19. The van der Waals surface area contributed by atoms with Gasteiger partial charge >= 0.3 is 0 Å². The molecule has 1 aliphatic heterocycles. The third-order valence-electron chi connectivity index (χ3n) is 3.52. The zero-order valence-electron chi connectivity index (χ0n) is 11.2. The van der Waals surface area contributed by atoms with Crippen LogP contribution in [0.3, 0.4) is 0 Å². The van der Waals surface area contributed by atoms with Crippen LogP contribution in [0.25, 0.3) is 10.2 Å². The van der Waals surface area contributed by atoms with E-state index < -0.39 is 6.04 Å². The van der Waals surface area contributed by atoms with Crippen LogP contribution in [0.1, 0.15) is 23.3 Å². The lowest BCUT2D eigenvalue weighted by Gasteiger charge is -2.22. The van der Waals surface area contributed by atoms with Crippen molar-refractivity contribution in [1.82, 2.24) is 15.3 Å². The van der Waals surface area contributed by atoms with Gasteiger partial charge in [-0.1, -0.05) is 0 Å². The molecule has 7 heteroatoms. The molecule has 1 fully saturated rings. The number of thiophene rings is 1. The normalized spacial score (nSPS) is 19.2. The van der Waals surface area contributed by atoms with Crippen LogP contribution in [0.4, 0.5) is 5.82 Å². The van der Waals surface area contributed by atoms with Gasteiger partial charge < -0.3 is 5.32 Å². The number of carbonyl (C=O) groups is 2. The van der Waals surface area contributed by atoms with E-state index in [1.165, 1.54) is 11.2 Å². The Balaban J connectivity index is 1.95. The highest BCUT2D eigenvalue weighted by Crippen LogP contribution is 2.32. The van der Waals surface area contributed by atoms with Crippen LogP contribution in [0.15, 0.2) is 6.33 Å². The smallest absolute Gasteiger partial charge is 0.249 e. The van der Waals surface area contributed by atoms with E-state index in [0.717, 1.165) is 15.8 Å². The SMILES string of the molecule is Cc1sc2ncnc(NC3CCC(=O)NC3=O)c2c1C. The minimum Gasteiger partial charge on any atom is -0.358 e. The molecule has 1 aliphatic rings. The predicted molar refractivity (Wildman–Crippen MR) is 76.7 cm³/mol. The Kier molecular flexibility index (Phi) is 3.13. The van der Waals surface area contributed by atoms with E-state index in [1.807, 2.05) is 13.8 Å². The molecule has 3 rings (SSSR count). The molecule has 104 valence electrons. The van der Waals surface area contributed by atoms with Gasteiger partial charge in [-0.2, -0.15) is 0 Å². The fraction of sp³-hybridized carbons (Fsp3) is 0.385. The van der Waals surface area contributed by atoms with E-state index in [-0.39, 0.29) is 11.8 Å². The molecule has 0 aromatic carbocycles. The van der Waals surface area contributed by atoms with Gasteiger partial charge in [-0.3, -0.25) is 14.9 Å². The average molecular weight is 290 g/mol. The Labute approximate surface area is 119 Å². The second-order valence-electron chi connectivity index (χ2n) is 4.83. The lowest BCUT2D eigenvalue weighted by atomic mass is 10.1. The van der Waals surface area contributed by atoms with E-state index >= 15 is 0 Å². The second kappa shape index (κ2) is 4.82. The van der Waals surface area contributed by atoms with Gasteiger partial charge in [0.1, 0.15) is 23.0 Å². The summed E-state index contributed by atoms with van der Waals surface area (Å²) in [5, 5.41) is 6.43. The Bertz CT molecular complexity index is 710. The molecule has 1 unspecified atom stereocenters. The molecular weight excluding hydrogens is 276 g/mol. The minimum absolute atomic E-state index is 0.219. The molecule has 3 heterocycles. The van der Waals surface area contributed by atoms with Crippen LogP contribution < -0.4 is 10.6 Å². The fourth-order valence-corrected chi connectivity index (χ4v) is 3.28.